The van der Waals surface area contributed by atoms with Crippen LogP contribution in [0.3, 0.4) is 0 Å². The van der Waals surface area contributed by atoms with E-state index in [1.165, 1.54) is 0 Å². The lowest BCUT2D eigenvalue weighted by molar-refractivity contribution is -0.313. The summed E-state index contributed by atoms with van der Waals surface area (Å²) in [5, 5.41) is 11.8. The fraction of sp³-hybridized carbons (Fsp3) is 0.478. The summed E-state index contributed by atoms with van der Waals surface area (Å²) in [5.41, 5.74) is 0.973. The number of carbonyl (C=O) groups excluding carboxylic acids is 2. The van der Waals surface area contributed by atoms with Crippen LogP contribution in [0.5, 0.6) is 11.5 Å². The maximum atomic E-state index is 13.4. The van der Waals surface area contributed by atoms with E-state index in [0.717, 1.165) is 11.1 Å². The Hall–Kier alpha value is -2.80. The van der Waals surface area contributed by atoms with Crippen LogP contribution in [0, 0.1) is 11.8 Å². The molecule has 3 heterocycles. The maximum Gasteiger partial charge on any atom is 0.230 e. The van der Waals surface area contributed by atoms with Gasteiger partial charge in [-0.2, -0.15) is 0 Å². The zero-order chi connectivity index (χ0) is 21.6. The van der Waals surface area contributed by atoms with E-state index in [2.05, 4.69) is 6.58 Å². The normalized spacial score (nSPS) is 31.2. The van der Waals surface area contributed by atoms with Crippen molar-refractivity contribution in [1.82, 2.24) is 4.90 Å². The van der Waals surface area contributed by atoms with Gasteiger partial charge in [-0.15, -0.1) is 6.58 Å². The van der Waals surface area contributed by atoms with Crippen LogP contribution in [0.15, 0.2) is 42.5 Å². The van der Waals surface area contributed by atoms with Gasteiger partial charge in [0.2, 0.25) is 5.91 Å². The minimum atomic E-state index is -1.24. The van der Waals surface area contributed by atoms with Crippen molar-refractivity contribution in [2.75, 3.05) is 20.8 Å². The van der Waals surface area contributed by atoms with E-state index < -0.39 is 29.5 Å². The zero-order valence-corrected chi connectivity index (χ0v) is 17.4. The molecular formula is C23H26NO6-. The number of methoxy groups -OCH3 is 2. The molecule has 5 atom stereocenters. The third-order valence-electron chi connectivity index (χ3n) is 6.44. The van der Waals surface area contributed by atoms with Crippen molar-refractivity contribution >= 4 is 11.9 Å². The van der Waals surface area contributed by atoms with Crippen molar-refractivity contribution < 1.29 is 28.9 Å². The van der Waals surface area contributed by atoms with Crippen molar-refractivity contribution in [1.29, 1.82) is 0 Å². The van der Waals surface area contributed by atoms with Gasteiger partial charge in [-0.1, -0.05) is 23.8 Å². The third kappa shape index (κ3) is 2.99. The molecule has 4 rings (SSSR count). The number of hydrogen-bond donors (Lipinski definition) is 0. The van der Waals surface area contributed by atoms with Crippen molar-refractivity contribution in [3.05, 3.63) is 48.1 Å². The van der Waals surface area contributed by atoms with Gasteiger partial charge in [0, 0.05) is 18.4 Å². The zero-order valence-electron chi connectivity index (χ0n) is 17.4. The number of rotatable bonds is 8. The molecule has 3 aliphatic heterocycles. The fourth-order valence-electron chi connectivity index (χ4n) is 5.14. The Kier molecular flexibility index (Phi) is 5.10. The van der Waals surface area contributed by atoms with Crippen LogP contribution < -0.4 is 14.6 Å². The van der Waals surface area contributed by atoms with E-state index in [1.807, 2.05) is 31.2 Å². The first kappa shape index (κ1) is 20.5. The van der Waals surface area contributed by atoms with Crippen molar-refractivity contribution in [2.24, 2.45) is 11.8 Å². The molecule has 0 aromatic heterocycles. The first-order valence-electron chi connectivity index (χ1n) is 10.1. The third-order valence-corrected chi connectivity index (χ3v) is 6.44. The Morgan fingerprint density at radius 3 is 2.67 bits per heavy atom. The topological polar surface area (TPSA) is 88.1 Å². The van der Waals surface area contributed by atoms with Gasteiger partial charge < -0.3 is 29.0 Å². The second kappa shape index (κ2) is 7.47. The molecule has 160 valence electrons. The highest BCUT2D eigenvalue weighted by Gasteiger charge is 2.69. The van der Waals surface area contributed by atoms with Crippen LogP contribution in [-0.2, 0) is 20.7 Å². The van der Waals surface area contributed by atoms with Gasteiger partial charge in [-0.05, 0) is 37.5 Å². The van der Waals surface area contributed by atoms with Gasteiger partial charge in [-0.3, -0.25) is 4.79 Å². The summed E-state index contributed by atoms with van der Waals surface area (Å²) in [5.74, 6) is -1.88. The van der Waals surface area contributed by atoms with Gasteiger partial charge in [-0.25, -0.2) is 0 Å². The second-order valence-electron chi connectivity index (χ2n) is 8.27. The lowest BCUT2D eigenvalue weighted by Crippen LogP contribution is -2.46. The second-order valence-corrected chi connectivity index (χ2v) is 8.27. The lowest BCUT2D eigenvalue weighted by Gasteiger charge is -2.33. The summed E-state index contributed by atoms with van der Waals surface area (Å²) in [7, 11) is 3.16. The summed E-state index contributed by atoms with van der Waals surface area (Å²) in [6.45, 7) is 6.35. The number of carboxylic acid groups (broad SMARTS) is 1. The molecule has 0 N–H and O–H groups in total. The predicted octanol–water partition coefficient (Wildman–Crippen LogP) is 1.11. The molecule has 0 aliphatic carbocycles. The van der Waals surface area contributed by atoms with E-state index in [-0.39, 0.29) is 11.9 Å². The minimum Gasteiger partial charge on any atom is -0.550 e. The maximum absolute atomic E-state index is 13.4. The van der Waals surface area contributed by atoms with Gasteiger partial charge in [0.25, 0.3) is 0 Å². The quantitative estimate of drug-likeness (QED) is 0.595. The average Bonchev–Trinajstić information content (AvgIpc) is 3.35. The number of fused-ring (bicyclic) bond motifs is 1. The Morgan fingerprint density at radius 1 is 1.30 bits per heavy atom. The SMILES string of the molecule is C=C(C)C[C@@H]1N(CCc2ccc(OC)c(OC)c2)C(=O)[C@H]2[C@@H](C(=O)[O-])[C@@H]3C=C[C@@]12O3. The van der Waals surface area contributed by atoms with Gasteiger partial charge in [0.15, 0.2) is 11.5 Å². The molecular weight excluding hydrogens is 386 g/mol. The van der Waals surface area contributed by atoms with E-state index >= 15 is 0 Å². The van der Waals surface area contributed by atoms with Gasteiger partial charge >= 0.3 is 0 Å². The van der Waals surface area contributed by atoms with Crippen LogP contribution in [0.25, 0.3) is 0 Å². The largest absolute Gasteiger partial charge is 0.550 e. The van der Waals surface area contributed by atoms with Crippen LogP contribution in [0.4, 0.5) is 0 Å². The highest BCUT2D eigenvalue weighted by atomic mass is 16.5. The Labute approximate surface area is 175 Å². The van der Waals surface area contributed by atoms with Gasteiger partial charge in [0.1, 0.15) is 5.60 Å². The van der Waals surface area contributed by atoms with Crippen LogP contribution in [-0.4, -0.2) is 55.3 Å². The molecule has 2 bridgehead atoms. The van der Waals surface area contributed by atoms with Crippen LogP contribution in [0.2, 0.25) is 0 Å². The summed E-state index contributed by atoms with van der Waals surface area (Å²) >= 11 is 0. The number of ether oxygens (including phenoxy) is 3. The fourth-order valence-corrected chi connectivity index (χ4v) is 5.14. The number of carboxylic acids is 1. The van der Waals surface area contributed by atoms with E-state index in [1.54, 1.807) is 25.2 Å². The Morgan fingerprint density at radius 2 is 2.03 bits per heavy atom. The monoisotopic (exact) mass is 412 g/mol. The highest BCUT2D eigenvalue weighted by Crippen LogP contribution is 2.55. The summed E-state index contributed by atoms with van der Waals surface area (Å²) in [4.78, 5) is 26.9. The molecule has 1 amide bonds. The van der Waals surface area contributed by atoms with Crippen LogP contribution >= 0.6 is 0 Å². The first-order chi connectivity index (χ1) is 14.3. The van der Waals surface area contributed by atoms with Crippen molar-refractivity contribution in [3.8, 4) is 11.5 Å². The standard InChI is InChI=1S/C23H27NO6/c1-13(2)11-18-23-9-7-16(30-23)19(22(26)27)20(23)21(25)24(18)10-8-14-5-6-15(28-3)17(12-14)29-4/h5-7,9,12,16,18-20H,1,8,10-11H2,2-4H3,(H,26,27)/p-1/t16-,18-,19-,20+,23+/m0/s1. The predicted molar refractivity (Wildman–Crippen MR) is 107 cm³/mol. The summed E-state index contributed by atoms with van der Waals surface area (Å²) in [6, 6.07) is 5.36. The number of carbonyl (C=O) groups is 2. The van der Waals surface area contributed by atoms with Crippen LogP contribution in [0.1, 0.15) is 18.9 Å². The van der Waals surface area contributed by atoms with Crippen molar-refractivity contribution in [3.63, 3.8) is 0 Å². The number of aliphatic carboxylic acids is 1. The number of benzene rings is 1. The molecule has 2 fully saturated rings. The molecule has 7 heteroatoms. The van der Waals surface area contributed by atoms with E-state index in [0.29, 0.717) is 30.9 Å². The molecule has 0 saturated carbocycles. The number of hydrogen-bond acceptors (Lipinski definition) is 6. The molecule has 3 aliphatic rings. The number of amides is 1. The van der Waals surface area contributed by atoms with E-state index in [9.17, 15) is 14.7 Å². The lowest BCUT2D eigenvalue weighted by atomic mass is 9.74. The molecule has 0 unspecified atom stereocenters. The molecule has 1 aromatic rings. The Bertz CT molecular complexity index is 924. The Balaban J connectivity index is 1.61. The minimum absolute atomic E-state index is 0.192. The molecule has 1 spiro atoms. The first-order valence-corrected chi connectivity index (χ1v) is 10.1. The molecule has 0 radical (unpaired) electrons. The molecule has 1 aromatic carbocycles. The number of likely N-dealkylation sites (tertiary alicyclic amines) is 1. The van der Waals surface area contributed by atoms with Gasteiger partial charge in [0.05, 0.1) is 32.3 Å². The smallest absolute Gasteiger partial charge is 0.230 e. The average molecular weight is 412 g/mol. The van der Waals surface area contributed by atoms with E-state index in [4.69, 9.17) is 14.2 Å². The molecule has 2 saturated heterocycles. The van der Waals surface area contributed by atoms with Crippen molar-refractivity contribution in [2.45, 2.75) is 37.5 Å². The summed E-state index contributed by atoms with van der Waals surface area (Å²) in [6.07, 6.45) is 4.16. The molecule has 30 heavy (non-hydrogen) atoms. The highest BCUT2D eigenvalue weighted by molar-refractivity contribution is 5.91. The summed E-state index contributed by atoms with van der Waals surface area (Å²) < 4.78 is 16.8. The molecule has 7 nitrogen and oxygen atoms in total. The number of nitrogens with zero attached hydrogens (tertiary/aromatic N) is 1.